The van der Waals surface area contributed by atoms with Crippen LogP contribution >= 0.6 is 0 Å². The zero-order valence-electron chi connectivity index (χ0n) is 18.2. The lowest BCUT2D eigenvalue weighted by Crippen LogP contribution is -2.48. The molecule has 0 aliphatic carbocycles. The zero-order chi connectivity index (χ0) is 21.6. The van der Waals surface area contributed by atoms with E-state index in [-0.39, 0.29) is 17.8 Å². The molecule has 6 heteroatoms. The Hall–Kier alpha value is -2.44. The van der Waals surface area contributed by atoms with E-state index in [1.165, 1.54) is 17.7 Å². The first-order valence-corrected chi connectivity index (χ1v) is 11.3. The van der Waals surface area contributed by atoms with Gasteiger partial charge in [-0.2, -0.15) is 0 Å². The Balaban J connectivity index is 1.22. The average molecular weight is 426 g/mol. The Morgan fingerprint density at radius 1 is 1.03 bits per heavy atom. The maximum Gasteiger partial charge on any atom is 0.226 e. The van der Waals surface area contributed by atoms with Crippen molar-refractivity contribution in [3.8, 4) is 5.75 Å². The molecular formula is C25H32FN3O2. The van der Waals surface area contributed by atoms with Gasteiger partial charge >= 0.3 is 0 Å². The molecule has 0 aromatic heterocycles. The summed E-state index contributed by atoms with van der Waals surface area (Å²) in [4.78, 5) is 17.1. The lowest BCUT2D eigenvalue weighted by atomic mass is 10.0. The number of benzene rings is 2. The van der Waals surface area contributed by atoms with Gasteiger partial charge in [-0.15, -0.1) is 0 Å². The van der Waals surface area contributed by atoms with Gasteiger partial charge in [-0.05, 0) is 42.3 Å². The molecule has 4 rings (SSSR count). The van der Waals surface area contributed by atoms with Crippen LogP contribution in [0.3, 0.4) is 0 Å². The van der Waals surface area contributed by atoms with Crippen molar-refractivity contribution in [2.75, 3.05) is 32.7 Å². The minimum Gasteiger partial charge on any atom is -0.490 e. The fraction of sp³-hybridized carbons (Fsp3) is 0.480. The molecule has 0 unspecified atom stereocenters. The SMILES string of the molecule is C[C@H]1CN(Cc2ccc(CC(=O)N3CCC(Oc4ccc(F)cc4)CC3)cc2)CCN1. The quantitative estimate of drug-likeness (QED) is 0.772. The van der Waals surface area contributed by atoms with Gasteiger partial charge in [0.25, 0.3) is 0 Å². The third kappa shape index (κ3) is 6.28. The van der Waals surface area contributed by atoms with Crippen molar-refractivity contribution < 1.29 is 13.9 Å². The van der Waals surface area contributed by atoms with Crippen molar-refractivity contribution in [3.05, 3.63) is 65.5 Å². The second kappa shape index (κ2) is 10.2. The molecule has 1 atom stereocenters. The summed E-state index contributed by atoms with van der Waals surface area (Å²) >= 11 is 0. The molecule has 0 saturated carbocycles. The highest BCUT2D eigenvalue weighted by Crippen LogP contribution is 2.20. The lowest BCUT2D eigenvalue weighted by Gasteiger charge is -2.32. The van der Waals surface area contributed by atoms with E-state index in [2.05, 4.69) is 41.4 Å². The zero-order valence-corrected chi connectivity index (χ0v) is 18.2. The highest BCUT2D eigenvalue weighted by molar-refractivity contribution is 5.78. The minimum absolute atomic E-state index is 0.0708. The lowest BCUT2D eigenvalue weighted by molar-refractivity contribution is -0.132. The molecule has 2 aromatic carbocycles. The standard InChI is InChI=1S/C25H32FN3O2/c1-19-17-28(15-12-27-19)18-21-4-2-20(3-5-21)16-25(30)29-13-10-24(11-14-29)31-23-8-6-22(26)7-9-23/h2-9,19,24,27H,10-18H2,1H3/t19-/m0/s1. The van der Waals surface area contributed by atoms with Crippen molar-refractivity contribution in [3.63, 3.8) is 0 Å². The number of hydrogen-bond acceptors (Lipinski definition) is 4. The van der Waals surface area contributed by atoms with Crippen LogP contribution in [0.1, 0.15) is 30.9 Å². The number of nitrogens with zero attached hydrogens (tertiary/aromatic N) is 2. The van der Waals surface area contributed by atoms with E-state index in [1.54, 1.807) is 12.1 Å². The van der Waals surface area contributed by atoms with E-state index in [0.717, 1.165) is 44.6 Å². The van der Waals surface area contributed by atoms with E-state index >= 15 is 0 Å². The molecular weight excluding hydrogens is 393 g/mol. The average Bonchev–Trinajstić information content (AvgIpc) is 2.77. The summed E-state index contributed by atoms with van der Waals surface area (Å²) < 4.78 is 18.9. The van der Waals surface area contributed by atoms with Crippen LogP contribution < -0.4 is 10.1 Å². The maximum absolute atomic E-state index is 13.0. The van der Waals surface area contributed by atoms with Gasteiger partial charge in [-0.1, -0.05) is 24.3 Å². The van der Waals surface area contributed by atoms with E-state index in [4.69, 9.17) is 4.74 Å². The summed E-state index contributed by atoms with van der Waals surface area (Å²) in [7, 11) is 0. The predicted octanol–water partition coefficient (Wildman–Crippen LogP) is 3.23. The molecule has 2 aliphatic heterocycles. The fourth-order valence-corrected chi connectivity index (χ4v) is 4.39. The number of piperidine rings is 1. The molecule has 5 nitrogen and oxygen atoms in total. The van der Waals surface area contributed by atoms with Gasteiger partial charge in [0, 0.05) is 58.2 Å². The summed E-state index contributed by atoms with van der Waals surface area (Å²) in [5.41, 5.74) is 2.36. The van der Waals surface area contributed by atoms with Crippen LogP contribution in [-0.4, -0.2) is 60.6 Å². The molecule has 166 valence electrons. The Morgan fingerprint density at radius 2 is 1.71 bits per heavy atom. The third-order valence-electron chi connectivity index (χ3n) is 6.15. The molecule has 0 spiro atoms. The van der Waals surface area contributed by atoms with Crippen LogP contribution in [0.2, 0.25) is 0 Å². The van der Waals surface area contributed by atoms with Crippen molar-refractivity contribution in [2.45, 2.75) is 44.9 Å². The van der Waals surface area contributed by atoms with Crippen LogP contribution in [0.5, 0.6) is 5.75 Å². The highest BCUT2D eigenvalue weighted by Gasteiger charge is 2.24. The van der Waals surface area contributed by atoms with Gasteiger partial charge in [0.1, 0.15) is 17.7 Å². The van der Waals surface area contributed by atoms with Crippen molar-refractivity contribution in [1.82, 2.24) is 15.1 Å². The minimum atomic E-state index is -0.265. The monoisotopic (exact) mass is 425 g/mol. The van der Waals surface area contributed by atoms with Crippen molar-refractivity contribution in [1.29, 1.82) is 0 Å². The number of nitrogens with one attached hydrogen (secondary N) is 1. The van der Waals surface area contributed by atoms with Crippen LogP contribution in [0, 0.1) is 5.82 Å². The summed E-state index contributed by atoms with van der Waals surface area (Å²) in [6, 6.07) is 15.1. The Bertz CT molecular complexity index is 848. The van der Waals surface area contributed by atoms with E-state index in [1.807, 2.05) is 4.90 Å². The van der Waals surface area contributed by atoms with Crippen LogP contribution in [-0.2, 0) is 17.8 Å². The number of carbonyl (C=O) groups excluding carboxylic acids is 1. The molecule has 0 radical (unpaired) electrons. The summed E-state index contributed by atoms with van der Waals surface area (Å²) in [6.45, 7) is 7.76. The number of halogens is 1. The molecule has 2 saturated heterocycles. The maximum atomic E-state index is 13.0. The third-order valence-corrected chi connectivity index (χ3v) is 6.15. The Kier molecular flexibility index (Phi) is 7.20. The molecule has 1 amide bonds. The summed E-state index contributed by atoms with van der Waals surface area (Å²) in [5, 5.41) is 3.47. The van der Waals surface area contributed by atoms with Gasteiger partial charge < -0.3 is 15.0 Å². The topological polar surface area (TPSA) is 44.8 Å². The largest absolute Gasteiger partial charge is 0.490 e. The molecule has 1 N–H and O–H groups in total. The summed E-state index contributed by atoms with van der Waals surface area (Å²) in [6.07, 6.45) is 2.10. The predicted molar refractivity (Wildman–Crippen MR) is 120 cm³/mol. The van der Waals surface area contributed by atoms with E-state index in [9.17, 15) is 9.18 Å². The van der Waals surface area contributed by atoms with E-state index in [0.29, 0.717) is 31.3 Å². The number of carbonyl (C=O) groups is 1. The highest BCUT2D eigenvalue weighted by atomic mass is 19.1. The normalized spacial score (nSPS) is 20.6. The van der Waals surface area contributed by atoms with Crippen LogP contribution in [0.15, 0.2) is 48.5 Å². The Morgan fingerprint density at radius 3 is 2.39 bits per heavy atom. The molecule has 2 fully saturated rings. The molecule has 2 heterocycles. The number of hydrogen-bond donors (Lipinski definition) is 1. The van der Waals surface area contributed by atoms with Gasteiger partial charge in [0.05, 0.1) is 6.42 Å². The van der Waals surface area contributed by atoms with Crippen molar-refractivity contribution in [2.24, 2.45) is 0 Å². The molecule has 2 aliphatic rings. The molecule has 0 bridgehead atoms. The first-order valence-electron chi connectivity index (χ1n) is 11.3. The second-order valence-corrected chi connectivity index (χ2v) is 8.74. The molecule has 31 heavy (non-hydrogen) atoms. The number of ether oxygens (including phenoxy) is 1. The number of likely N-dealkylation sites (tertiary alicyclic amines) is 1. The second-order valence-electron chi connectivity index (χ2n) is 8.74. The Labute approximate surface area is 184 Å². The number of amides is 1. The van der Waals surface area contributed by atoms with Crippen molar-refractivity contribution >= 4 is 5.91 Å². The first kappa shape index (κ1) is 21.8. The number of rotatable bonds is 6. The van der Waals surface area contributed by atoms with Crippen LogP contribution in [0.4, 0.5) is 4.39 Å². The van der Waals surface area contributed by atoms with E-state index < -0.39 is 0 Å². The number of piperazine rings is 1. The first-order chi connectivity index (χ1) is 15.0. The van der Waals surface area contributed by atoms with Gasteiger partial charge in [-0.25, -0.2) is 4.39 Å². The summed E-state index contributed by atoms with van der Waals surface area (Å²) in [5.74, 6) is 0.588. The fourth-order valence-electron chi connectivity index (χ4n) is 4.39. The van der Waals surface area contributed by atoms with Gasteiger partial charge in [0.15, 0.2) is 0 Å². The smallest absolute Gasteiger partial charge is 0.226 e. The van der Waals surface area contributed by atoms with Crippen LogP contribution in [0.25, 0.3) is 0 Å². The van der Waals surface area contributed by atoms with Gasteiger partial charge in [-0.3, -0.25) is 9.69 Å². The molecule has 2 aromatic rings. The van der Waals surface area contributed by atoms with Gasteiger partial charge in [0.2, 0.25) is 5.91 Å².